The fourth-order valence-electron chi connectivity index (χ4n) is 1.98. The van der Waals surface area contributed by atoms with Gasteiger partial charge in [0.1, 0.15) is 18.0 Å². The first-order valence-corrected chi connectivity index (χ1v) is 9.65. The van der Waals surface area contributed by atoms with Crippen LogP contribution in [0, 0.1) is 18.3 Å². The molecule has 0 aromatic heterocycles. The summed E-state index contributed by atoms with van der Waals surface area (Å²) < 4.78 is 15.1. The van der Waals surface area contributed by atoms with Crippen molar-refractivity contribution in [3.8, 4) is 18.1 Å². The molecule has 0 fully saturated rings. The van der Waals surface area contributed by atoms with Crippen LogP contribution in [0.25, 0.3) is 0 Å². The number of ether oxygens (including phenoxy) is 3. The standard InChI is InChI=1S/C17H20O4.C5H12O.CH4O.2CH4/c1-4-10-20-16-8-6-14(7-9-16)11-15(18)12-17(19)21-13(3)5-2;1-5(2)4-6-3;1-2;;/h2,6-9,13H,4,10-12H2,1,3H3;5H,4H2,1-3H3;2H,1H3;2*1H4. The van der Waals surface area contributed by atoms with Crippen molar-refractivity contribution in [2.75, 3.05) is 27.4 Å². The van der Waals surface area contributed by atoms with E-state index < -0.39 is 12.1 Å². The van der Waals surface area contributed by atoms with Crippen molar-refractivity contribution in [2.24, 2.45) is 5.92 Å². The van der Waals surface area contributed by atoms with Crippen molar-refractivity contribution in [1.29, 1.82) is 0 Å². The second kappa shape index (κ2) is 23.9. The number of carbonyl (C=O) groups excluding carboxylic acids is 2. The van der Waals surface area contributed by atoms with E-state index in [-0.39, 0.29) is 33.5 Å². The van der Waals surface area contributed by atoms with Crippen molar-refractivity contribution < 1.29 is 28.9 Å². The maximum Gasteiger partial charge on any atom is 0.314 e. The summed E-state index contributed by atoms with van der Waals surface area (Å²) in [5.41, 5.74) is 0.835. The van der Waals surface area contributed by atoms with Crippen LogP contribution < -0.4 is 4.74 Å². The highest BCUT2D eigenvalue weighted by atomic mass is 16.5. The number of esters is 1. The third kappa shape index (κ3) is 22.2. The van der Waals surface area contributed by atoms with Crippen LogP contribution in [0.2, 0.25) is 0 Å². The van der Waals surface area contributed by atoms with E-state index in [9.17, 15) is 9.59 Å². The normalized spacial score (nSPS) is 9.77. The zero-order valence-corrected chi connectivity index (χ0v) is 18.6. The molecular weight excluding hydrogens is 396 g/mol. The van der Waals surface area contributed by atoms with Crippen LogP contribution in [0.5, 0.6) is 5.75 Å². The minimum atomic E-state index is -0.611. The lowest BCUT2D eigenvalue weighted by Gasteiger charge is -2.07. The Morgan fingerprint density at radius 1 is 1.10 bits per heavy atom. The molecule has 0 aliphatic heterocycles. The predicted molar refractivity (Wildman–Crippen MR) is 128 cm³/mol. The van der Waals surface area contributed by atoms with Crippen LogP contribution in [-0.4, -0.2) is 50.4 Å². The Morgan fingerprint density at radius 2 is 1.65 bits per heavy atom. The molecule has 6 heteroatoms. The molecule has 0 heterocycles. The van der Waals surface area contributed by atoms with Gasteiger partial charge < -0.3 is 19.3 Å². The second-order valence-electron chi connectivity index (χ2n) is 6.53. The van der Waals surface area contributed by atoms with E-state index in [1.54, 1.807) is 14.0 Å². The molecule has 0 spiro atoms. The van der Waals surface area contributed by atoms with Gasteiger partial charge in [-0.15, -0.1) is 6.42 Å². The number of Topliss-reactive ketones (excluding diaryl/α,β-unsaturated/α-hetero) is 1. The first-order valence-electron chi connectivity index (χ1n) is 9.65. The SMILES string of the molecule is C.C.C#CC(C)OC(=O)CC(=O)Cc1ccc(OCCC)cc1.CO.COCC(C)C. The fraction of sp³-hybridized carbons (Fsp3) is 0.600. The first-order chi connectivity index (χ1) is 13.8. The molecule has 1 N–H and O–H groups in total. The van der Waals surface area contributed by atoms with E-state index in [1.165, 1.54) is 0 Å². The lowest BCUT2D eigenvalue weighted by Crippen LogP contribution is -2.17. The van der Waals surface area contributed by atoms with E-state index >= 15 is 0 Å². The summed E-state index contributed by atoms with van der Waals surface area (Å²) in [7, 11) is 2.72. The van der Waals surface area contributed by atoms with Gasteiger partial charge in [0.2, 0.25) is 0 Å². The van der Waals surface area contributed by atoms with Crippen LogP contribution >= 0.6 is 0 Å². The molecule has 1 rings (SSSR count). The van der Waals surface area contributed by atoms with Crippen molar-refractivity contribution in [1.82, 2.24) is 0 Å². The average molecular weight is 441 g/mol. The number of carbonyl (C=O) groups is 2. The van der Waals surface area contributed by atoms with Gasteiger partial charge in [-0.3, -0.25) is 9.59 Å². The Bertz CT molecular complexity index is 587. The monoisotopic (exact) mass is 440 g/mol. The maximum atomic E-state index is 11.8. The highest BCUT2D eigenvalue weighted by Crippen LogP contribution is 2.13. The molecule has 0 bridgehead atoms. The maximum absolute atomic E-state index is 11.8. The largest absolute Gasteiger partial charge is 0.494 e. The summed E-state index contributed by atoms with van der Waals surface area (Å²) in [5, 5.41) is 7.00. The van der Waals surface area contributed by atoms with E-state index in [1.807, 2.05) is 31.2 Å². The molecule has 1 unspecified atom stereocenters. The van der Waals surface area contributed by atoms with Crippen LogP contribution in [-0.2, 0) is 25.5 Å². The quantitative estimate of drug-likeness (QED) is 0.322. The van der Waals surface area contributed by atoms with Gasteiger partial charge in [-0.2, -0.15) is 0 Å². The number of aliphatic hydroxyl groups is 1. The van der Waals surface area contributed by atoms with Gasteiger partial charge in [0.05, 0.1) is 6.61 Å². The molecule has 1 aromatic rings. The van der Waals surface area contributed by atoms with Crippen molar-refractivity contribution in [3.63, 3.8) is 0 Å². The highest BCUT2D eigenvalue weighted by molar-refractivity contribution is 5.96. The summed E-state index contributed by atoms with van der Waals surface area (Å²) in [5.74, 6) is 2.93. The Morgan fingerprint density at radius 3 is 2.03 bits per heavy atom. The molecule has 6 nitrogen and oxygen atoms in total. The molecule has 0 saturated carbocycles. The van der Waals surface area contributed by atoms with Gasteiger partial charge in [-0.1, -0.05) is 53.7 Å². The van der Waals surface area contributed by atoms with Crippen LogP contribution in [0.3, 0.4) is 0 Å². The van der Waals surface area contributed by atoms with E-state index in [0.29, 0.717) is 12.5 Å². The van der Waals surface area contributed by atoms with Gasteiger partial charge in [0.15, 0.2) is 6.10 Å². The number of benzene rings is 1. The number of rotatable bonds is 10. The van der Waals surface area contributed by atoms with Crippen molar-refractivity contribution in [2.45, 2.75) is 67.9 Å². The summed E-state index contributed by atoms with van der Waals surface area (Å²) in [6.07, 6.45) is 5.36. The van der Waals surface area contributed by atoms with Gasteiger partial charge in [0.25, 0.3) is 0 Å². The zero-order chi connectivity index (χ0) is 22.7. The van der Waals surface area contributed by atoms with Crippen LogP contribution in [0.1, 0.15) is 61.0 Å². The molecule has 0 aliphatic rings. The molecular formula is C25H44O6. The average Bonchev–Trinajstić information content (AvgIpc) is 2.69. The molecule has 0 aliphatic carbocycles. The summed E-state index contributed by atoms with van der Waals surface area (Å²) in [4.78, 5) is 23.2. The summed E-state index contributed by atoms with van der Waals surface area (Å²) >= 11 is 0. The number of ketones is 1. The molecule has 1 aromatic carbocycles. The Hall–Kier alpha value is -2.36. The predicted octanol–water partition coefficient (Wildman–Crippen LogP) is 4.71. The summed E-state index contributed by atoms with van der Waals surface area (Å²) in [6, 6.07) is 7.27. The van der Waals surface area contributed by atoms with Crippen molar-refractivity contribution in [3.05, 3.63) is 29.8 Å². The first kappa shape index (κ1) is 36.0. The van der Waals surface area contributed by atoms with Gasteiger partial charge in [-0.05, 0) is 37.0 Å². The van der Waals surface area contributed by atoms with Crippen LogP contribution in [0.15, 0.2) is 24.3 Å². The molecule has 0 saturated heterocycles. The molecule has 0 amide bonds. The summed E-state index contributed by atoms with van der Waals surface area (Å²) in [6.45, 7) is 9.41. The lowest BCUT2D eigenvalue weighted by molar-refractivity contribution is -0.147. The number of hydrogen-bond acceptors (Lipinski definition) is 6. The Balaban J connectivity index is -0.000000315. The van der Waals surface area contributed by atoms with Gasteiger partial charge in [-0.25, -0.2) is 0 Å². The van der Waals surface area contributed by atoms with E-state index in [0.717, 1.165) is 31.5 Å². The van der Waals surface area contributed by atoms with E-state index in [2.05, 4.69) is 19.8 Å². The minimum Gasteiger partial charge on any atom is -0.494 e. The molecule has 31 heavy (non-hydrogen) atoms. The molecule has 180 valence electrons. The Kier molecular flexibility index (Phi) is 27.8. The fourth-order valence-corrected chi connectivity index (χ4v) is 1.98. The van der Waals surface area contributed by atoms with Gasteiger partial charge >= 0.3 is 5.97 Å². The van der Waals surface area contributed by atoms with Gasteiger partial charge in [0, 0.05) is 27.2 Å². The smallest absolute Gasteiger partial charge is 0.314 e. The van der Waals surface area contributed by atoms with Crippen LogP contribution in [0.4, 0.5) is 0 Å². The molecule has 0 radical (unpaired) electrons. The number of terminal acetylenes is 1. The van der Waals surface area contributed by atoms with Crippen molar-refractivity contribution >= 4 is 11.8 Å². The topological polar surface area (TPSA) is 82.1 Å². The third-order valence-corrected chi connectivity index (χ3v) is 3.18. The highest BCUT2D eigenvalue weighted by Gasteiger charge is 2.13. The molecule has 1 atom stereocenters. The lowest BCUT2D eigenvalue weighted by atomic mass is 10.1. The number of methoxy groups -OCH3 is 1. The Labute approximate surface area is 190 Å². The number of aliphatic hydroxyl groups excluding tert-OH is 1. The number of hydrogen-bond donors (Lipinski definition) is 1. The second-order valence-corrected chi connectivity index (χ2v) is 6.53. The third-order valence-electron chi connectivity index (χ3n) is 3.18. The minimum absolute atomic E-state index is 0. The van der Waals surface area contributed by atoms with E-state index in [4.69, 9.17) is 25.7 Å². The zero-order valence-electron chi connectivity index (χ0n) is 18.6.